The molecule has 1 aliphatic rings. The molecule has 0 aliphatic heterocycles. The fraction of sp³-hybridized carbons (Fsp3) is 0.471. The Bertz CT molecular complexity index is 639. The molecule has 112 valence electrons. The van der Waals surface area contributed by atoms with E-state index < -0.39 is 0 Å². The molecule has 4 nitrogen and oxygen atoms in total. The van der Waals surface area contributed by atoms with Crippen LogP contribution in [0.4, 0.5) is 5.69 Å². The van der Waals surface area contributed by atoms with E-state index in [0.29, 0.717) is 17.2 Å². The van der Waals surface area contributed by atoms with Gasteiger partial charge in [-0.3, -0.25) is 4.79 Å². The van der Waals surface area contributed by atoms with Gasteiger partial charge in [-0.2, -0.15) is 0 Å². The minimum absolute atomic E-state index is 0.00430. The van der Waals surface area contributed by atoms with E-state index in [9.17, 15) is 4.79 Å². The number of benzene rings is 1. The number of carbonyl (C=O) groups excluding carboxylic acids is 1. The average Bonchev–Trinajstić information content (AvgIpc) is 2.89. The largest absolute Gasteiger partial charge is 0.399 e. The van der Waals surface area contributed by atoms with Crippen molar-refractivity contribution in [2.24, 2.45) is 11.8 Å². The van der Waals surface area contributed by atoms with Crippen LogP contribution in [0.15, 0.2) is 24.4 Å². The van der Waals surface area contributed by atoms with Gasteiger partial charge in [-0.15, -0.1) is 0 Å². The van der Waals surface area contributed by atoms with E-state index in [2.05, 4.69) is 17.2 Å². The van der Waals surface area contributed by atoms with E-state index in [4.69, 9.17) is 5.73 Å². The van der Waals surface area contributed by atoms with Crippen LogP contribution in [0.25, 0.3) is 10.9 Å². The molecule has 4 heteroatoms. The molecule has 0 radical (unpaired) electrons. The zero-order valence-electron chi connectivity index (χ0n) is 12.5. The normalized spacial score (nSPS) is 22.3. The van der Waals surface area contributed by atoms with Crippen LogP contribution in [0.5, 0.6) is 0 Å². The van der Waals surface area contributed by atoms with Gasteiger partial charge in [0.05, 0.1) is 5.56 Å². The summed E-state index contributed by atoms with van der Waals surface area (Å²) in [4.78, 5) is 15.5. The van der Waals surface area contributed by atoms with Crippen molar-refractivity contribution < 1.29 is 4.79 Å². The fourth-order valence-electron chi connectivity index (χ4n) is 3.20. The number of rotatable bonds is 3. The number of aromatic amines is 1. The summed E-state index contributed by atoms with van der Waals surface area (Å²) in [5.74, 6) is 1.48. The average molecular weight is 285 g/mol. The number of aromatic nitrogens is 1. The Kier molecular flexibility index (Phi) is 3.86. The molecule has 2 aromatic rings. The number of H-pyrrole nitrogens is 1. The van der Waals surface area contributed by atoms with Crippen molar-refractivity contribution in [3.8, 4) is 0 Å². The third-order valence-corrected chi connectivity index (χ3v) is 4.64. The number of fused-ring (bicyclic) bond motifs is 1. The molecule has 1 saturated carbocycles. The molecule has 0 saturated heterocycles. The molecule has 21 heavy (non-hydrogen) atoms. The number of nitrogen functional groups attached to an aromatic ring is 1. The monoisotopic (exact) mass is 285 g/mol. The lowest BCUT2D eigenvalue weighted by atomic mass is 9.83. The van der Waals surface area contributed by atoms with Crippen molar-refractivity contribution in [1.29, 1.82) is 0 Å². The van der Waals surface area contributed by atoms with Crippen molar-refractivity contribution in [3.05, 3.63) is 30.0 Å². The lowest BCUT2D eigenvalue weighted by Gasteiger charge is -2.26. The zero-order valence-corrected chi connectivity index (χ0v) is 12.5. The zero-order chi connectivity index (χ0) is 14.8. The number of hydrogen-bond donors (Lipinski definition) is 3. The standard InChI is InChI=1S/C17H23N3O/c1-11-2-4-12(5-3-11)9-20-17(21)15-10-19-16-8-13(18)6-7-14(15)16/h6-8,10-12,19H,2-5,9,18H2,1H3,(H,20,21). The predicted octanol–water partition coefficient (Wildman–Crippen LogP) is 3.31. The molecule has 1 amide bonds. The van der Waals surface area contributed by atoms with Gasteiger partial charge in [-0.05, 0) is 42.9 Å². The highest BCUT2D eigenvalue weighted by atomic mass is 16.1. The molecule has 4 N–H and O–H groups in total. The third kappa shape index (κ3) is 3.04. The van der Waals surface area contributed by atoms with Gasteiger partial charge in [0.1, 0.15) is 0 Å². The Morgan fingerprint density at radius 3 is 2.86 bits per heavy atom. The van der Waals surface area contributed by atoms with E-state index in [0.717, 1.165) is 23.4 Å². The van der Waals surface area contributed by atoms with Crippen LogP contribution in [-0.4, -0.2) is 17.4 Å². The van der Waals surface area contributed by atoms with Gasteiger partial charge < -0.3 is 16.0 Å². The molecule has 0 unspecified atom stereocenters. The fourth-order valence-corrected chi connectivity index (χ4v) is 3.20. The van der Waals surface area contributed by atoms with Gasteiger partial charge in [-0.1, -0.05) is 19.8 Å². The SMILES string of the molecule is CC1CCC(CNC(=O)c2c[nH]c3cc(N)ccc23)CC1. The molecule has 1 aromatic heterocycles. The summed E-state index contributed by atoms with van der Waals surface area (Å²) in [6.45, 7) is 3.10. The Hall–Kier alpha value is -1.97. The molecule has 1 aromatic carbocycles. The summed E-state index contributed by atoms with van der Waals surface area (Å²) >= 11 is 0. The summed E-state index contributed by atoms with van der Waals surface area (Å²) in [6.07, 6.45) is 6.79. The van der Waals surface area contributed by atoms with Crippen molar-refractivity contribution in [2.45, 2.75) is 32.6 Å². The lowest BCUT2D eigenvalue weighted by Crippen LogP contribution is -2.30. The number of anilines is 1. The van der Waals surface area contributed by atoms with Gasteiger partial charge in [0, 0.05) is 29.3 Å². The van der Waals surface area contributed by atoms with E-state index in [1.165, 1.54) is 25.7 Å². The first-order chi connectivity index (χ1) is 10.1. The molecule has 0 spiro atoms. The van der Waals surface area contributed by atoms with Crippen LogP contribution in [0.3, 0.4) is 0 Å². The van der Waals surface area contributed by atoms with Crippen LogP contribution in [0.1, 0.15) is 43.0 Å². The van der Waals surface area contributed by atoms with Crippen LogP contribution in [0, 0.1) is 11.8 Å². The van der Waals surface area contributed by atoms with E-state index in [1.807, 2.05) is 18.2 Å². The molecule has 1 heterocycles. The minimum atomic E-state index is 0.00430. The quantitative estimate of drug-likeness (QED) is 0.757. The van der Waals surface area contributed by atoms with Crippen molar-refractivity contribution in [1.82, 2.24) is 10.3 Å². The van der Waals surface area contributed by atoms with Gasteiger partial charge in [0.2, 0.25) is 0 Å². The summed E-state index contributed by atoms with van der Waals surface area (Å²) < 4.78 is 0. The Morgan fingerprint density at radius 1 is 1.33 bits per heavy atom. The maximum absolute atomic E-state index is 12.3. The summed E-state index contributed by atoms with van der Waals surface area (Å²) in [5.41, 5.74) is 8.07. The number of nitrogens with two attached hydrogens (primary N) is 1. The second-order valence-electron chi connectivity index (χ2n) is 6.34. The second kappa shape index (κ2) is 5.80. The lowest BCUT2D eigenvalue weighted by molar-refractivity contribution is 0.0943. The maximum atomic E-state index is 12.3. The summed E-state index contributed by atoms with van der Waals surface area (Å²) in [6, 6.07) is 5.59. The van der Waals surface area contributed by atoms with Crippen molar-refractivity contribution >= 4 is 22.5 Å². The minimum Gasteiger partial charge on any atom is -0.399 e. The van der Waals surface area contributed by atoms with Crippen molar-refractivity contribution in [3.63, 3.8) is 0 Å². The molecule has 1 aliphatic carbocycles. The first-order valence-corrected chi connectivity index (χ1v) is 7.78. The number of hydrogen-bond acceptors (Lipinski definition) is 2. The Morgan fingerprint density at radius 2 is 2.10 bits per heavy atom. The highest BCUT2D eigenvalue weighted by Gasteiger charge is 2.19. The van der Waals surface area contributed by atoms with Crippen LogP contribution >= 0.6 is 0 Å². The molecule has 0 bridgehead atoms. The van der Waals surface area contributed by atoms with Crippen LogP contribution < -0.4 is 11.1 Å². The van der Waals surface area contributed by atoms with Crippen LogP contribution in [0.2, 0.25) is 0 Å². The topological polar surface area (TPSA) is 70.9 Å². The van der Waals surface area contributed by atoms with Gasteiger partial charge in [-0.25, -0.2) is 0 Å². The first kappa shape index (κ1) is 14.0. The number of amides is 1. The summed E-state index contributed by atoms with van der Waals surface area (Å²) in [7, 11) is 0. The van der Waals surface area contributed by atoms with Gasteiger partial charge in [0.25, 0.3) is 5.91 Å². The third-order valence-electron chi connectivity index (χ3n) is 4.64. The number of nitrogens with one attached hydrogen (secondary N) is 2. The van der Waals surface area contributed by atoms with Crippen LogP contribution in [-0.2, 0) is 0 Å². The highest BCUT2D eigenvalue weighted by Crippen LogP contribution is 2.28. The molecule has 3 rings (SSSR count). The van der Waals surface area contributed by atoms with Gasteiger partial charge in [0.15, 0.2) is 0 Å². The van der Waals surface area contributed by atoms with E-state index in [1.54, 1.807) is 6.20 Å². The Balaban J connectivity index is 1.64. The molecule has 1 fully saturated rings. The summed E-state index contributed by atoms with van der Waals surface area (Å²) in [5, 5.41) is 4.02. The smallest absolute Gasteiger partial charge is 0.253 e. The first-order valence-electron chi connectivity index (χ1n) is 7.78. The predicted molar refractivity (Wildman–Crippen MR) is 86.2 cm³/mol. The molecular weight excluding hydrogens is 262 g/mol. The molecule has 0 atom stereocenters. The Labute approximate surface area is 125 Å². The second-order valence-corrected chi connectivity index (χ2v) is 6.34. The number of carbonyl (C=O) groups is 1. The highest BCUT2D eigenvalue weighted by molar-refractivity contribution is 6.07. The molecular formula is C17H23N3O. The van der Waals surface area contributed by atoms with Crippen molar-refractivity contribution in [2.75, 3.05) is 12.3 Å². The van der Waals surface area contributed by atoms with Gasteiger partial charge >= 0.3 is 0 Å². The maximum Gasteiger partial charge on any atom is 0.253 e. The van der Waals surface area contributed by atoms with E-state index in [-0.39, 0.29) is 5.91 Å². The van der Waals surface area contributed by atoms with E-state index >= 15 is 0 Å².